The zero-order valence-corrected chi connectivity index (χ0v) is 11.2. The minimum atomic E-state index is -0.530. The van der Waals surface area contributed by atoms with Crippen LogP contribution in [0.4, 0.5) is 5.82 Å². The van der Waals surface area contributed by atoms with Crippen molar-refractivity contribution < 1.29 is 9.90 Å². The molecule has 1 aliphatic carbocycles. The van der Waals surface area contributed by atoms with Gasteiger partial charge in [-0.1, -0.05) is 18.9 Å². The molecule has 0 bridgehead atoms. The number of primary amides is 1. The number of carbonyl (C=O) groups excluding carboxylic acids is 1. The first kappa shape index (κ1) is 13.8. The second-order valence-electron chi connectivity index (χ2n) is 5.16. The molecule has 0 aliphatic heterocycles. The number of nitrogens with two attached hydrogens (primary N) is 1. The van der Waals surface area contributed by atoms with Crippen LogP contribution in [0.25, 0.3) is 0 Å². The zero-order valence-electron chi connectivity index (χ0n) is 11.2. The van der Waals surface area contributed by atoms with E-state index in [1.807, 2.05) is 17.0 Å². The van der Waals surface area contributed by atoms with Gasteiger partial charge in [0.25, 0.3) is 0 Å². The maximum Gasteiger partial charge on any atom is 0.237 e. The number of nitrogens with zero attached hydrogens (tertiary/aromatic N) is 2. The highest BCUT2D eigenvalue weighted by atomic mass is 16.3. The number of amides is 1. The van der Waals surface area contributed by atoms with Crippen LogP contribution in [-0.2, 0) is 4.79 Å². The smallest absolute Gasteiger partial charge is 0.237 e. The van der Waals surface area contributed by atoms with Crippen LogP contribution in [0.2, 0.25) is 0 Å². The lowest BCUT2D eigenvalue weighted by molar-refractivity contribution is -0.116. The second kappa shape index (κ2) is 6.02. The van der Waals surface area contributed by atoms with Gasteiger partial charge in [0.05, 0.1) is 12.6 Å². The molecule has 0 saturated heterocycles. The van der Waals surface area contributed by atoms with Crippen molar-refractivity contribution in [3.63, 3.8) is 0 Å². The van der Waals surface area contributed by atoms with E-state index in [9.17, 15) is 9.90 Å². The molecule has 0 radical (unpaired) electrons. The van der Waals surface area contributed by atoms with Crippen LogP contribution >= 0.6 is 0 Å². The Balaban J connectivity index is 2.19. The van der Waals surface area contributed by atoms with Gasteiger partial charge in [-0.2, -0.15) is 0 Å². The average Bonchev–Trinajstić information content (AvgIpc) is 2.89. The fourth-order valence-electron chi connectivity index (χ4n) is 2.60. The molecule has 5 heteroatoms. The van der Waals surface area contributed by atoms with E-state index in [0.717, 1.165) is 24.2 Å². The van der Waals surface area contributed by atoms with E-state index in [2.05, 4.69) is 4.98 Å². The molecule has 1 aromatic heterocycles. The molecule has 19 heavy (non-hydrogen) atoms. The Kier molecular flexibility index (Phi) is 4.37. The van der Waals surface area contributed by atoms with Crippen LogP contribution < -0.4 is 10.6 Å². The van der Waals surface area contributed by atoms with Crippen molar-refractivity contribution in [1.82, 2.24) is 4.98 Å². The van der Waals surface area contributed by atoms with E-state index in [0.29, 0.717) is 6.04 Å². The van der Waals surface area contributed by atoms with Gasteiger partial charge in [0.2, 0.25) is 5.91 Å². The summed E-state index contributed by atoms with van der Waals surface area (Å²) in [5.41, 5.74) is 6.10. The molecule has 1 amide bonds. The van der Waals surface area contributed by atoms with Crippen molar-refractivity contribution in [2.75, 3.05) is 11.4 Å². The molecule has 5 nitrogen and oxygen atoms in total. The van der Waals surface area contributed by atoms with Gasteiger partial charge >= 0.3 is 0 Å². The van der Waals surface area contributed by atoms with E-state index in [4.69, 9.17) is 5.73 Å². The van der Waals surface area contributed by atoms with E-state index in [-0.39, 0.29) is 12.5 Å². The minimum Gasteiger partial charge on any atom is -0.389 e. The van der Waals surface area contributed by atoms with Crippen LogP contribution in [0.1, 0.15) is 44.3 Å². The van der Waals surface area contributed by atoms with Crippen molar-refractivity contribution in [3.8, 4) is 0 Å². The van der Waals surface area contributed by atoms with Crippen molar-refractivity contribution in [1.29, 1.82) is 0 Å². The molecule has 1 fully saturated rings. The molecule has 2 rings (SSSR count). The molecule has 1 aliphatic rings. The van der Waals surface area contributed by atoms with Gasteiger partial charge in [0.1, 0.15) is 5.82 Å². The molecule has 1 aromatic rings. The SMILES string of the molecule is C[C@@H](O)c1ccc(N(CC(N)=O)C2CCCC2)nc1. The molecule has 0 aromatic carbocycles. The molecule has 1 atom stereocenters. The average molecular weight is 263 g/mol. The quantitative estimate of drug-likeness (QED) is 0.841. The van der Waals surface area contributed by atoms with Crippen molar-refractivity contribution in [2.24, 2.45) is 5.73 Å². The maximum atomic E-state index is 11.2. The van der Waals surface area contributed by atoms with Gasteiger partial charge in [-0.25, -0.2) is 4.98 Å². The molecule has 3 N–H and O–H groups in total. The highest BCUT2D eigenvalue weighted by Gasteiger charge is 2.24. The largest absolute Gasteiger partial charge is 0.389 e. The summed E-state index contributed by atoms with van der Waals surface area (Å²) in [5.74, 6) is 0.420. The molecule has 0 spiro atoms. The van der Waals surface area contributed by atoms with Crippen molar-refractivity contribution in [3.05, 3.63) is 23.9 Å². The number of aromatic nitrogens is 1. The molecule has 104 valence electrons. The molecule has 0 unspecified atom stereocenters. The Morgan fingerprint density at radius 3 is 2.68 bits per heavy atom. The van der Waals surface area contributed by atoms with Crippen LogP contribution in [0.5, 0.6) is 0 Å². The van der Waals surface area contributed by atoms with Gasteiger partial charge < -0.3 is 15.7 Å². The van der Waals surface area contributed by atoms with Crippen LogP contribution in [-0.4, -0.2) is 28.6 Å². The second-order valence-corrected chi connectivity index (χ2v) is 5.16. The summed E-state index contributed by atoms with van der Waals surface area (Å²) >= 11 is 0. The topological polar surface area (TPSA) is 79.5 Å². The Bertz CT molecular complexity index is 425. The van der Waals surface area contributed by atoms with Gasteiger partial charge in [-0.15, -0.1) is 0 Å². The third-order valence-corrected chi connectivity index (χ3v) is 3.64. The first-order valence-corrected chi connectivity index (χ1v) is 6.77. The Hall–Kier alpha value is -1.62. The van der Waals surface area contributed by atoms with E-state index < -0.39 is 6.10 Å². The number of carbonyl (C=O) groups is 1. The summed E-state index contributed by atoms with van der Waals surface area (Å²) in [6.07, 6.45) is 5.65. The summed E-state index contributed by atoms with van der Waals surface area (Å²) in [6.45, 7) is 1.90. The number of pyridine rings is 1. The predicted molar refractivity (Wildman–Crippen MR) is 73.7 cm³/mol. The first-order chi connectivity index (χ1) is 9.08. The van der Waals surface area contributed by atoms with Crippen LogP contribution in [0, 0.1) is 0 Å². The lowest BCUT2D eigenvalue weighted by atomic mass is 10.1. The van der Waals surface area contributed by atoms with Crippen LogP contribution in [0.15, 0.2) is 18.3 Å². The number of rotatable bonds is 5. The molecule has 1 saturated carbocycles. The summed E-state index contributed by atoms with van der Waals surface area (Å²) < 4.78 is 0. The maximum absolute atomic E-state index is 11.2. The highest BCUT2D eigenvalue weighted by molar-refractivity contribution is 5.79. The van der Waals surface area contributed by atoms with Gasteiger partial charge in [-0.3, -0.25) is 4.79 Å². The number of aliphatic hydroxyl groups excluding tert-OH is 1. The van der Waals surface area contributed by atoms with Crippen molar-refractivity contribution in [2.45, 2.75) is 44.8 Å². The van der Waals surface area contributed by atoms with Gasteiger partial charge in [0, 0.05) is 12.2 Å². The van der Waals surface area contributed by atoms with E-state index >= 15 is 0 Å². The predicted octanol–water partition coefficient (Wildman–Crippen LogP) is 1.37. The molecular formula is C14H21N3O2. The summed E-state index contributed by atoms with van der Waals surface area (Å²) in [4.78, 5) is 17.6. The first-order valence-electron chi connectivity index (χ1n) is 6.77. The standard InChI is InChI=1S/C14H21N3O2/c1-10(18)11-6-7-14(16-8-11)17(9-13(15)19)12-4-2-3-5-12/h6-8,10,12,18H,2-5,9H2,1H3,(H2,15,19)/t10-/m1/s1. The van der Waals surface area contributed by atoms with E-state index in [1.54, 1.807) is 13.1 Å². The fourth-order valence-corrected chi connectivity index (χ4v) is 2.60. The lowest BCUT2D eigenvalue weighted by Crippen LogP contribution is -2.40. The summed E-state index contributed by atoms with van der Waals surface area (Å²) in [6, 6.07) is 4.04. The Morgan fingerprint density at radius 2 is 2.21 bits per heavy atom. The normalized spacial score (nSPS) is 17.4. The van der Waals surface area contributed by atoms with Crippen LogP contribution in [0.3, 0.4) is 0 Å². The number of hydrogen-bond donors (Lipinski definition) is 2. The lowest BCUT2D eigenvalue weighted by Gasteiger charge is -2.29. The van der Waals surface area contributed by atoms with E-state index in [1.165, 1.54) is 12.8 Å². The molecule has 1 heterocycles. The minimum absolute atomic E-state index is 0.200. The van der Waals surface area contributed by atoms with Gasteiger partial charge in [0.15, 0.2) is 0 Å². The fraction of sp³-hybridized carbons (Fsp3) is 0.571. The Morgan fingerprint density at radius 1 is 1.53 bits per heavy atom. The van der Waals surface area contributed by atoms with Crippen molar-refractivity contribution >= 4 is 11.7 Å². The van der Waals surface area contributed by atoms with Gasteiger partial charge in [-0.05, 0) is 31.4 Å². The number of hydrogen-bond acceptors (Lipinski definition) is 4. The summed E-state index contributed by atoms with van der Waals surface area (Å²) in [5, 5.41) is 9.48. The third kappa shape index (κ3) is 3.44. The number of aliphatic hydroxyl groups is 1. The molecular weight excluding hydrogens is 242 g/mol. The summed E-state index contributed by atoms with van der Waals surface area (Å²) in [7, 11) is 0. The monoisotopic (exact) mass is 263 g/mol. The third-order valence-electron chi connectivity index (χ3n) is 3.64. The number of anilines is 1. The highest BCUT2D eigenvalue weighted by Crippen LogP contribution is 2.27. The Labute approximate surface area is 113 Å². The zero-order chi connectivity index (χ0) is 13.8.